The summed E-state index contributed by atoms with van der Waals surface area (Å²) in [5.74, 6) is 0. The third-order valence-corrected chi connectivity index (χ3v) is 13.3. The maximum Gasteiger partial charge on any atom is 0.0973 e. The highest BCUT2D eigenvalue weighted by Gasteiger charge is 2.19. The Bertz CT molecular complexity index is 3300. The van der Waals surface area contributed by atoms with Crippen LogP contribution in [0.1, 0.15) is 0 Å². The molecule has 1 heterocycles. The molecular weight excluding hydrogens is 873 g/mol. The molecule has 0 atom stereocenters. The number of nitrogens with zero attached hydrogens (tertiary/aromatic N) is 4. The van der Waals surface area contributed by atoms with Gasteiger partial charge >= 0.3 is 0 Å². The van der Waals surface area contributed by atoms with Crippen LogP contribution in [0, 0.1) is 0 Å². The van der Waals surface area contributed by atoms with E-state index in [1.807, 2.05) is 24.3 Å². The van der Waals surface area contributed by atoms with Crippen LogP contribution in [0.15, 0.2) is 291 Å². The standard InChI is InChI=1S/C68H48N4/c1-5-15-49(16-6-1)53-25-37-59(38-26-53)71(60-39-27-54(28-40-60)50-17-7-2-8-18-50)63-45-33-57(34-46-63)67-68(70-66-24-14-13-23-65(66)69-67)58-35-47-64(48-36-58)72(61-41-29-55(30-42-61)51-19-9-3-10-20-51)62-43-31-56(32-44-62)52-21-11-4-12-22-52/h1-48H. The minimum Gasteiger partial charge on any atom is -0.311 e. The Kier molecular flexibility index (Phi) is 12.0. The van der Waals surface area contributed by atoms with Crippen molar-refractivity contribution in [2.24, 2.45) is 0 Å². The van der Waals surface area contributed by atoms with Gasteiger partial charge in [0.25, 0.3) is 0 Å². The molecule has 4 heteroatoms. The number of anilines is 6. The molecule has 11 aromatic carbocycles. The van der Waals surface area contributed by atoms with Gasteiger partial charge in [-0.15, -0.1) is 0 Å². The van der Waals surface area contributed by atoms with Crippen LogP contribution in [0.5, 0.6) is 0 Å². The van der Waals surface area contributed by atoms with Crippen LogP contribution in [0.2, 0.25) is 0 Å². The minimum atomic E-state index is 0.823. The number of para-hydroxylation sites is 2. The van der Waals surface area contributed by atoms with Crippen molar-refractivity contribution < 1.29 is 0 Å². The Balaban J connectivity index is 0.907. The van der Waals surface area contributed by atoms with Gasteiger partial charge in [0.15, 0.2) is 0 Å². The molecule has 0 bridgehead atoms. The van der Waals surface area contributed by atoms with Crippen LogP contribution in [0.3, 0.4) is 0 Å². The number of rotatable bonds is 12. The fraction of sp³-hybridized carbons (Fsp3) is 0. The highest BCUT2D eigenvalue weighted by atomic mass is 15.1. The molecule has 0 aliphatic carbocycles. The number of aromatic nitrogens is 2. The van der Waals surface area contributed by atoms with Gasteiger partial charge in [-0.1, -0.05) is 206 Å². The summed E-state index contributed by atoms with van der Waals surface area (Å²) in [6, 6.07) is 103. The van der Waals surface area contributed by atoms with Gasteiger partial charge in [-0.3, -0.25) is 0 Å². The molecule has 0 aliphatic rings. The largest absolute Gasteiger partial charge is 0.311 e. The van der Waals surface area contributed by atoms with E-state index in [1.165, 1.54) is 44.5 Å². The minimum absolute atomic E-state index is 0.823. The monoisotopic (exact) mass is 920 g/mol. The van der Waals surface area contributed by atoms with Crippen molar-refractivity contribution in [1.29, 1.82) is 0 Å². The molecule has 0 amide bonds. The molecule has 12 rings (SSSR count). The van der Waals surface area contributed by atoms with E-state index in [0.717, 1.165) is 67.7 Å². The molecule has 12 aromatic rings. The van der Waals surface area contributed by atoms with Gasteiger partial charge in [-0.2, -0.15) is 0 Å². The summed E-state index contributed by atoms with van der Waals surface area (Å²) < 4.78 is 0. The van der Waals surface area contributed by atoms with Crippen molar-refractivity contribution in [2.75, 3.05) is 9.80 Å². The molecule has 0 spiro atoms. The first-order valence-electron chi connectivity index (χ1n) is 24.4. The quantitative estimate of drug-likeness (QED) is 0.122. The highest BCUT2D eigenvalue weighted by molar-refractivity contribution is 5.89. The molecule has 4 nitrogen and oxygen atoms in total. The first-order valence-corrected chi connectivity index (χ1v) is 24.4. The third-order valence-electron chi connectivity index (χ3n) is 13.3. The smallest absolute Gasteiger partial charge is 0.0973 e. The molecule has 0 radical (unpaired) electrons. The van der Waals surface area contributed by atoms with E-state index in [4.69, 9.17) is 9.97 Å². The van der Waals surface area contributed by atoms with Crippen LogP contribution in [-0.4, -0.2) is 9.97 Å². The SMILES string of the molecule is c1ccc(-c2ccc(N(c3ccc(-c4ccccc4)cc3)c3ccc(-c4nc5ccccc5nc4-c4ccc(N(c5ccc(-c6ccccc6)cc5)c5ccc(-c6ccccc6)cc5)cc4)cc3)cc2)cc1. The van der Waals surface area contributed by atoms with Gasteiger partial charge in [-0.05, 0) is 129 Å². The second-order valence-electron chi connectivity index (χ2n) is 17.8. The molecule has 340 valence electrons. The van der Waals surface area contributed by atoms with Crippen molar-refractivity contribution in [3.8, 4) is 67.0 Å². The average Bonchev–Trinajstić information content (AvgIpc) is 3.47. The lowest BCUT2D eigenvalue weighted by atomic mass is 10.0. The fourth-order valence-corrected chi connectivity index (χ4v) is 9.57. The molecule has 0 saturated heterocycles. The third kappa shape index (κ3) is 9.04. The molecular formula is C68H48N4. The zero-order chi connectivity index (χ0) is 48.1. The summed E-state index contributed by atoms with van der Waals surface area (Å²) in [5.41, 5.74) is 21.1. The molecule has 0 N–H and O–H groups in total. The van der Waals surface area contributed by atoms with Gasteiger partial charge in [0, 0.05) is 45.3 Å². The zero-order valence-electron chi connectivity index (χ0n) is 39.5. The lowest BCUT2D eigenvalue weighted by Gasteiger charge is -2.26. The van der Waals surface area contributed by atoms with E-state index in [1.54, 1.807) is 0 Å². The van der Waals surface area contributed by atoms with E-state index in [-0.39, 0.29) is 0 Å². The molecule has 72 heavy (non-hydrogen) atoms. The van der Waals surface area contributed by atoms with Gasteiger partial charge in [0.1, 0.15) is 0 Å². The van der Waals surface area contributed by atoms with Gasteiger partial charge < -0.3 is 9.80 Å². The van der Waals surface area contributed by atoms with Crippen LogP contribution in [-0.2, 0) is 0 Å². The molecule has 0 aliphatic heterocycles. The van der Waals surface area contributed by atoms with E-state index >= 15 is 0 Å². The summed E-state index contributed by atoms with van der Waals surface area (Å²) >= 11 is 0. The van der Waals surface area contributed by atoms with Gasteiger partial charge in [-0.25, -0.2) is 9.97 Å². The average molecular weight is 921 g/mol. The van der Waals surface area contributed by atoms with E-state index in [2.05, 4.69) is 277 Å². The second-order valence-corrected chi connectivity index (χ2v) is 17.8. The number of hydrogen-bond donors (Lipinski definition) is 0. The molecule has 0 unspecified atom stereocenters. The van der Waals surface area contributed by atoms with Crippen molar-refractivity contribution in [1.82, 2.24) is 9.97 Å². The Morgan fingerprint density at radius 2 is 0.347 bits per heavy atom. The summed E-state index contributed by atoms with van der Waals surface area (Å²) in [7, 11) is 0. The Labute approximate surface area is 421 Å². The van der Waals surface area contributed by atoms with Crippen molar-refractivity contribution in [3.05, 3.63) is 291 Å². The zero-order valence-corrected chi connectivity index (χ0v) is 39.5. The Hall–Kier alpha value is -9.64. The first-order chi connectivity index (χ1) is 35.7. The van der Waals surface area contributed by atoms with Crippen LogP contribution in [0.25, 0.3) is 78.1 Å². The summed E-state index contributed by atoms with van der Waals surface area (Å²) in [6.07, 6.45) is 0. The maximum absolute atomic E-state index is 5.32. The van der Waals surface area contributed by atoms with E-state index < -0.39 is 0 Å². The molecule has 0 fully saturated rings. The summed E-state index contributed by atoms with van der Waals surface area (Å²) in [5, 5.41) is 0. The normalized spacial score (nSPS) is 11.1. The van der Waals surface area contributed by atoms with Gasteiger partial charge in [0.05, 0.1) is 22.4 Å². The Morgan fingerprint density at radius 3 is 0.569 bits per heavy atom. The van der Waals surface area contributed by atoms with Gasteiger partial charge in [0.2, 0.25) is 0 Å². The van der Waals surface area contributed by atoms with E-state index in [9.17, 15) is 0 Å². The maximum atomic E-state index is 5.32. The summed E-state index contributed by atoms with van der Waals surface area (Å²) in [4.78, 5) is 15.3. The predicted molar refractivity (Wildman–Crippen MR) is 302 cm³/mol. The van der Waals surface area contributed by atoms with Crippen molar-refractivity contribution in [3.63, 3.8) is 0 Å². The van der Waals surface area contributed by atoms with Crippen LogP contribution in [0.4, 0.5) is 34.1 Å². The van der Waals surface area contributed by atoms with Crippen molar-refractivity contribution >= 4 is 45.2 Å². The lowest BCUT2D eigenvalue weighted by molar-refractivity contribution is 1.26. The number of benzene rings is 11. The predicted octanol–water partition coefficient (Wildman–Crippen LogP) is 18.6. The highest BCUT2D eigenvalue weighted by Crippen LogP contribution is 2.41. The van der Waals surface area contributed by atoms with E-state index in [0.29, 0.717) is 0 Å². The number of fused-ring (bicyclic) bond motifs is 1. The topological polar surface area (TPSA) is 32.3 Å². The second kappa shape index (κ2) is 19.8. The molecule has 1 aromatic heterocycles. The fourth-order valence-electron chi connectivity index (χ4n) is 9.57. The Morgan fingerprint density at radius 1 is 0.167 bits per heavy atom. The number of hydrogen-bond acceptors (Lipinski definition) is 4. The van der Waals surface area contributed by atoms with Crippen LogP contribution < -0.4 is 9.80 Å². The summed E-state index contributed by atoms with van der Waals surface area (Å²) in [6.45, 7) is 0. The molecule has 0 saturated carbocycles. The first kappa shape index (κ1) is 43.6. The van der Waals surface area contributed by atoms with Crippen molar-refractivity contribution in [2.45, 2.75) is 0 Å². The van der Waals surface area contributed by atoms with Crippen LogP contribution >= 0.6 is 0 Å². The lowest BCUT2D eigenvalue weighted by Crippen LogP contribution is -2.10.